The third kappa shape index (κ3) is 5.22. The van der Waals surface area contributed by atoms with Gasteiger partial charge in [0.15, 0.2) is 0 Å². The molecule has 0 heterocycles. The zero-order valence-electron chi connectivity index (χ0n) is 17.1. The van der Waals surface area contributed by atoms with Crippen molar-refractivity contribution in [2.24, 2.45) is 4.99 Å². The maximum absolute atomic E-state index is 14.1. The fourth-order valence-corrected chi connectivity index (χ4v) is 3.03. The van der Waals surface area contributed by atoms with Crippen LogP contribution in [0.15, 0.2) is 58.0 Å². The second-order valence-corrected chi connectivity index (χ2v) is 7.58. The number of aliphatic imine (C=N–C) groups is 1. The summed E-state index contributed by atoms with van der Waals surface area (Å²) in [6.45, 7) is 16.5. The van der Waals surface area contributed by atoms with Crippen LogP contribution in [-0.2, 0) is 6.54 Å². The molecule has 0 saturated heterocycles. The van der Waals surface area contributed by atoms with E-state index in [1.165, 1.54) is 6.07 Å². The Balaban J connectivity index is 2.20. The van der Waals surface area contributed by atoms with Gasteiger partial charge >= 0.3 is 0 Å². The lowest BCUT2D eigenvalue weighted by atomic mass is 9.99. The van der Waals surface area contributed by atoms with Crippen LogP contribution in [0.4, 0.5) is 10.1 Å². The number of anilines is 1. The van der Waals surface area contributed by atoms with Gasteiger partial charge in [-0.2, -0.15) is 0 Å². The number of halogens is 1. The monoisotopic (exact) mass is 370 g/mol. The summed E-state index contributed by atoms with van der Waals surface area (Å²) in [5, 5.41) is 9.78. The van der Waals surface area contributed by atoms with Crippen LogP contribution in [0, 0.1) is 5.82 Å². The van der Waals surface area contributed by atoms with Gasteiger partial charge in [-0.25, -0.2) is 9.38 Å². The molecule has 0 aliphatic heterocycles. The molecule has 1 aromatic carbocycles. The van der Waals surface area contributed by atoms with E-state index in [0.717, 1.165) is 46.8 Å². The Labute approximate surface area is 162 Å². The van der Waals surface area contributed by atoms with Crippen LogP contribution in [0.25, 0.3) is 0 Å². The predicted molar refractivity (Wildman–Crippen MR) is 113 cm³/mol. The second-order valence-electron chi connectivity index (χ2n) is 7.58. The Kier molecular flexibility index (Phi) is 6.47. The number of nitrogens with zero attached hydrogens (tertiary/aromatic N) is 1. The molecule has 0 aromatic heterocycles. The molecule has 0 radical (unpaired) electrons. The van der Waals surface area contributed by atoms with Crippen molar-refractivity contribution in [2.75, 3.05) is 12.4 Å². The lowest BCUT2D eigenvalue weighted by molar-refractivity contribution is 0.598. The summed E-state index contributed by atoms with van der Waals surface area (Å²) >= 11 is 0. The summed E-state index contributed by atoms with van der Waals surface area (Å²) in [7, 11) is 1.82. The minimum absolute atomic E-state index is 0.107. The molecule has 4 nitrogen and oxygen atoms in total. The quantitative estimate of drug-likeness (QED) is 0.429. The minimum Gasteiger partial charge on any atom is -0.388 e. The first-order valence-electron chi connectivity index (χ1n) is 9.23. The van der Waals surface area contributed by atoms with E-state index in [-0.39, 0.29) is 11.4 Å². The van der Waals surface area contributed by atoms with Crippen LogP contribution >= 0.6 is 0 Å². The molecule has 0 atom stereocenters. The molecule has 0 bridgehead atoms. The SMILES string of the molecule is C=N/C(NC1(C)CC1)=C(\C)C(C(=C)NCc1cc(NC)ccc1F)=C(C)C. The smallest absolute Gasteiger partial charge is 0.129 e. The average molecular weight is 371 g/mol. The Morgan fingerprint density at radius 2 is 1.93 bits per heavy atom. The van der Waals surface area contributed by atoms with Gasteiger partial charge in [0.25, 0.3) is 0 Å². The van der Waals surface area contributed by atoms with Gasteiger partial charge in [0, 0.05) is 47.2 Å². The Hall–Kier alpha value is -2.56. The average Bonchev–Trinajstić information content (AvgIpc) is 3.36. The normalized spacial score (nSPS) is 15.3. The van der Waals surface area contributed by atoms with Crippen LogP contribution in [0.2, 0.25) is 0 Å². The molecule has 2 rings (SSSR count). The largest absolute Gasteiger partial charge is 0.388 e. The summed E-state index contributed by atoms with van der Waals surface area (Å²) in [6, 6.07) is 4.99. The maximum Gasteiger partial charge on any atom is 0.129 e. The molecule has 0 unspecified atom stereocenters. The molecule has 1 aromatic rings. The molecule has 5 heteroatoms. The fourth-order valence-electron chi connectivity index (χ4n) is 3.03. The number of nitrogens with one attached hydrogen (secondary N) is 3. The fraction of sp³-hybridized carbons (Fsp3) is 0.409. The third-order valence-corrected chi connectivity index (χ3v) is 4.94. The van der Waals surface area contributed by atoms with Gasteiger partial charge in [-0.05, 0) is 65.5 Å². The van der Waals surface area contributed by atoms with Gasteiger partial charge < -0.3 is 16.0 Å². The summed E-state index contributed by atoms with van der Waals surface area (Å²) < 4.78 is 14.1. The second kappa shape index (κ2) is 8.42. The summed E-state index contributed by atoms with van der Waals surface area (Å²) in [6.07, 6.45) is 2.26. The molecule has 0 amide bonds. The molecule has 1 saturated carbocycles. The van der Waals surface area contributed by atoms with Crippen molar-refractivity contribution >= 4 is 12.4 Å². The van der Waals surface area contributed by atoms with E-state index in [9.17, 15) is 4.39 Å². The van der Waals surface area contributed by atoms with Crippen molar-refractivity contribution in [3.8, 4) is 0 Å². The predicted octanol–water partition coefficient (Wildman–Crippen LogP) is 4.88. The zero-order valence-corrected chi connectivity index (χ0v) is 17.1. The zero-order chi connectivity index (χ0) is 20.2. The highest BCUT2D eigenvalue weighted by molar-refractivity contribution is 5.50. The van der Waals surface area contributed by atoms with Crippen molar-refractivity contribution in [1.29, 1.82) is 0 Å². The van der Waals surface area contributed by atoms with Crippen molar-refractivity contribution < 1.29 is 4.39 Å². The van der Waals surface area contributed by atoms with Gasteiger partial charge in [-0.15, -0.1) is 0 Å². The van der Waals surface area contributed by atoms with Crippen LogP contribution < -0.4 is 16.0 Å². The first kappa shape index (κ1) is 20.7. The van der Waals surface area contributed by atoms with E-state index in [4.69, 9.17) is 0 Å². The molecule has 1 aliphatic carbocycles. The Bertz CT molecular complexity index is 797. The first-order valence-corrected chi connectivity index (χ1v) is 9.23. The molecule has 146 valence electrons. The number of hydrogen-bond acceptors (Lipinski definition) is 4. The van der Waals surface area contributed by atoms with E-state index in [1.807, 2.05) is 27.8 Å². The summed E-state index contributed by atoms with van der Waals surface area (Å²) in [4.78, 5) is 4.20. The Morgan fingerprint density at radius 3 is 2.44 bits per heavy atom. The van der Waals surface area contributed by atoms with Crippen molar-refractivity contribution in [1.82, 2.24) is 10.6 Å². The third-order valence-electron chi connectivity index (χ3n) is 4.94. The van der Waals surface area contributed by atoms with Gasteiger partial charge in [0.05, 0.1) is 0 Å². The lowest BCUT2D eigenvalue weighted by Crippen LogP contribution is -2.28. The van der Waals surface area contributed by atoms with E-state index in [0.29, 0.717) is 12.1 Å². The molecule has 27 heavy (non-hydrogen) atoms. The van der Waals surface area contributed by atoms with Crippen LogP contribution in [0.1, 0.15) is 46.1 Å². The summed E-state index contributed by atoms with van der Waals surface area (Å²) in [5.41, 5.74) is 5.39. The van der Waals surface area contributed by atoms with E-state index in [1.54, 1.807) is 12.1 Å². The van der Waals surface area contributed by atoms with Crippen LogP contribution in [0.5, 0.6) is 0 Å². The molecule has 3 N–H and O–H groups in total. The van der Waals surface area contributed by atoms with E-state index in [2.05, 4.69) is 41.2 Å². The first-order chi connectivity index (χ1) is 12.7. The maximum atomic E-state index is 14.1. The van der Waals surface area contributed by atoms with Gasteiger partial charge in [-0.3, -0.25) is 0 Å². The molecule has 0 spiro atoms. The number of hydrogen-bond donors (Lipinski definition) is 3. The van der Waals surface area contributed by atoms with E-state index >= 15 is 0 Å². The number of benzene rings is 1. The van der Waals surface area contributed by atoms with E-state index < -0.39 is 0 Å². The van der Waals surface area contributed by atoms with Gasteiger partial charge in [-0.1, -0.05) is 12.2 Å². The number of allylic oxidation sites excluding steroid dienone is 2. The van der Waals surface area contributed by atoms with Gasteiger partial charge in [0.1, 0.15) is 11.6 Å². The lowest BCUT2D eigenvalue weighted by Gasteiger charge is -2.21. The highest BCUT2D eigenvalue weighted by Gasteiger charge is 2.38. The molecule has 1 fully saturated rings. The Morgan fingerprint density at radius 1 is 1.26 bits per heavy atom. The highest BCUT2D eigenvalue weighted by Crippen LogP contribution is 2.36. The highest BCUT2D eigenvalue weighted by atomic mass is 19.1. The molecule has 1 aliphatic rings. The topological polar surface area (TPSA) is 48.5 Å². The van der Waals surface area contributed by atoms with Crippen molar-refractivity contribution in [2.45, 2.75) is 52.6 Å². The number of rotatable bonds is 9. The molecular formula is C22H31FN4. The van der Waals surface area contributed by atoms with Crippen molar-refractivity contribution in [3.05, 3.63) is 64.4 Å². The molecular weight excluding hydrogens is 339 g/mol. The van der Waals surface area contributed by atoms with Crippen LogP contribution in [-0.4, -0.2) is 19.3 Å². The standard InChI is InChI=1S/C22H31FN4/c1-14(2)20(15(3)21(25-7)27-22(5)10-11-22)16(4)26-13-17-12-18(24-6)8-9-19(17)23/h8-9,12,24,26-27H,4,7,10-11,13H2,1-3,5-6H3/b21-15-. The van der Waals surface area contributed by atoms with Gasteiger partial charge in [0.2, 0.25) is 0 Å². The van der Waals surface area contributed by atoms with Crippen LogP contribution in [0.3, 0.4) is 0 Å². The summed E-state index contributed by atoms with van der Waals surface area (Å²) in [5.74, 6) is 0.537. The van der Waals surface area contributed by atoms with Crippen molar-refractivity contribution in [3.63, 3.8) is 0 Å². The minimum atomic E-state index is -0.239.